The molecule has 0 saturated carbocycles. The second kappa shape index (κ2) is 6.21. The van der Waals surface area contributed by atoms with Crippen LogP contribution in [0, 0.1) is 0 Å². The highest BCUT2D eigenvalue weighted by Gasteiger charge is 2.01. The molecule has 1 aromatic heterocycles. The van der Waals surface area contributed by atoms with Crippen LogP contribution >= 0.6 is 11.6 Å². The van der Waals surface area contributed by atoms with Gasteiger partial charge in [-0.05, 0) is 24.6 Å². The van der Waals surface area contributed by atoms with E-state index >= 15 is 0 Å². The minimum absolute atomic E-state index is 0.492. The summed E-state index contributed by atoms with van der Waals surface area (Å²) in [7, 11) is 0. The second-order valence-electron chi connectivity index (χ2n) is 3.73. The van der Waals surface area contributed by atoms with Crippen LogP contribution in [0.5, 0.6) is 11.6 Å². The lowest BCUT2D eigenvalue weighted by Gasteiger charge is -2.07. The van der Waals surface area contributed by atoms with Gasteiger partial charge < -0.3 is 10.1 Å². The van der Waals surface area contributed by atoms with Gasteiger partial charge in [0.05, 0.1) is 0 Å². The highest BCUT2D eigenvalue weighted by molar-refractivity contribution is 6.30. The molecule has 18 heavy (non-hydrogen) atoms. The van der Waals surface area contributed by atoms with E-state index in [-0.39, 0.29) is 0 Å². The summed E-state index contributed by atoms with van der Waals surface area (Å²) in [5.74, 6) is 1.90. The van der Waals surface area contributed by atoms with Crippen LogP contribution in [0.25, 0.3) is 0 Å². The molecule has 1 heterocycles. The average molecular weight is 264 g/mol. The summed E-state index contributed by atoms with van der Waals surface area (Å²) >= 11 is 5.89. The van der Waals surface area contributed by atoms with Gasteiger partial charge in [0.2, 0.25) is 5.88 Å². The van der Waals surface area contributed by atoms with Gasteiger partial charge in [-0.3, -0.25) is 0 Å². The molecule has 94 valence electrons. The molecule has 0 saturated heterocycles. The predicted octanol–water partition coefficient (Wildman–Crippen LogP) is 3.74. The summed E-state index contributed by atoms with van der Waals surface area (Å²) in [5, 5.41) is 3.81. The molecular weight excluding hydrogens is 250 g/mol. The molecule has 0 bridgehead atoms. The first-order valence-corrected chi connectivity index (χ1v) is 6.15. The smallest absolute Gasteiger partial charge is 0.224 e. The number of halogens is 1. The van der Waals surface area contributed by atoms with Crippen LogP contribution < -0.4 is 10.1 Å². The number of anilines is 1. The summed E-state index contributed by atoms with van der Waals surface area (Å²) in [6.45, 7) is 2.96. The molecule has 0 aliphatic heterocycles. The van der Waals surface area contributed by atoms with Crippen LogP contribution in [0.15, 0.2) is 36.7 Å². The molecule has 0 aliphatic carbocycles. The van der Waals surface area contributed by atoms with Crippen molar-refractivity contribution in [2.24, 2.45) is 0 Å². The fourth-order valence-corrected chi connectivity index (χ4v) is 1.58. The van der Waals surface area contributed by atoms with Crippen molar-refractivity contribution in [1.82, 2.24) is 9.97 Å². The zero-order valence-electron chi connectivity index (χ0n) is 10.1. The molecule has 0 radical (unpaired) electrons. The third kappa shape index (κ3) is 3.60. The van der Waals surface area contributed by atoms with Crippen molar-refractivity contribution in [2.75, 3.05) is 11.9 Å². The first-order valence-electron chi connectivity index (χ1n) is 5.77. The molecule has 0 amide bonds. The first kappa shape index (κ1) is 12.6. The maximum Gasteiger partial charge on any atom is 0.224 e. The lowest BCUT2D eigenvalue weighted by molar-refractivity contribution is 0.462. The Balaban J connectivity index is 2.09. The topological polar surface area (TPSA) is 47.0 Å². The number of aromatic nitrogens is 2. The molecule has 4 nitrogen and oxygen atoms in total. The van der Waals surface area contributed by atoms with Crippen molar-refractivity contribution in [1.29, 1.82) is 0 Å². The Labute approximate surface area is 111 Å². The maximum atomic E-state index is 5.89. The normalized spacial score (nSPS) is 10.1. The van der Waals surface area contributed by atoms with E-state index in [9.17, 15) is 0 Å². The van der Waals surface area contributed by atoms with Crippen LogP contribution in [0.1, 0.15) is 13.3 Å². The van der Waals surface area contributed by atoms with E-state index in [0.29, 0.717) is 16.7 Å². The molecule has 2 rings (SSSR count). The van der Waals surface area contributed by atoms with Gasteiger partial charge in [0.25, 0.3) is 0 Å². The van der Waals surface area contributed by atoms with Gasteiger partial charge in [-0.15, -0.1) is 0 Å². The molecule has 5 heteroatoms. The fraction of sp³-hybridized carbons (Fsp3) is 0.231. The molecule has 1 N–H and O–H groups in total. The zero-order chi connectivity index (χ0) is 12.8. The number of hydrogen-bond donors (Lipinski definition) is 1. The standard InChI is InChI=1S/C13H14ClN3O/c1-2-6-15-12-8-13(17-9-16-12)18-11-5-3-4-10(14)7-11/h3-5,7-9H,2,6H2,1H3,(H,15,16,17). The number of rotatable bonds is 5. The predicted molar refractivity (Wildman–Crippen MR) is 72.3 cm³/mol. The quantitative estimate of drug-likeness (QED) is 0.893. The van der Waals surface area contributed by atoms with E-state index in [4.69, 9.17) is 16.3 Å². The molecule has 0 aliphatic rings. The lowest BCUT2D eigenvalue weighted by atomic mass is 10.3. The van der Waals surface area contributed by atoms with Crippen LogP contribution in [0.2, 0.25) is 5.02 Å². The number of benzene rings is 1. The summed E-state index contributed by atoms with van der Waals surface area (Å²) in [4.78, 5) is 8.16. The Hall–Kier alpha value is -1.81. The van der Waals surface area contributed by atoms with Crippen molar-refractivity contribution in [3.63, 3.8) is 0 Å². The van der Waals surface area contributed by atoms with E-state index in [0.717, 1.165) is 18.8 Å². The Morgan fingerprint density at radius 2 is 2.17 bits per heavy atom. The number of ether oxygens (including phenoxy) is 1. The Morgan fingerprint density at radius 3 is 2.94 bits per heavy atom. The SMILES string of the molecule is CCCNc1cc(Oc2cccc(Cl)c2)ncn1. The van der Waals surface area contributed by atoms with Crippen LogP contribution in [0.3, 0.4) is 0 Å². The minimum atomic E-state index is 0.492. The average Bonchev–Trinajstić information content (AvgIpc) is 2.37. The fourth-order valence-electron chi connectivity index (χ4n) is 1.40. The van der Waals surface area contributed by atoms with E-state index in [1.165, 1.54) is 6.33 Å². The van der Waals surface area contributed by atoms with Gasteiger partial charge in [0.15, 0.2) is 0 Å². The second-order valence-corrected chi connectivity index (χ2v) is 4.16. The Bertz CT molecular complexity index is 519. The summed E-state index contributed by atoms with van der Waals surface area (Å²) < 4.78 is 5.60. The maximum absolute atomic E-state index is 5.89. The molecule has 2 aromatic rings. The van der Waals surface area contributed by atoms with Crippen LogP contribution in [-0.4, -0.2) is 16.5 Å². The summed E-state index contributed by atoms with van der Waals surface area (Å²) in [6, 6.07) is 8.95. The third-order valence-corrected chi connectivity index (χ3v) is 2.45. The van der Waals surface area contributed by atoms with Gasteiger partial charge in [-0.2, -0.15) is 0 Å². The molecule has 0 unspecified atom stereocenters. The minimum Gasteiger partial charge on any atom is -0.439 e. The third-order valence-electron chi connectivity index (χ3n) is 2.22. The van der Waals surface area contributed by atoms with E-state index < -0.39 is 0 Å². The summed E-state index contributed by atoms with van der Waals surface area (Å²) in [6.07, 6.45) is 2.51. The number of nitrogens with zero attached hydrogens (tertiary/aromatic N) is 2. The Kier molecular flexibility index (Phi) is 4.36. The van der Waals surface area contributed by atoms with Gasteiger partial charge in [0.1, 0.15) is 17.9 Å². The first-order chi connectivity index (χ1) is 8.78. The van der Waals surface area contributed by atoms with E-state index in [2.05, 4.69) is 22.2 Å². The van der Waals surface area contributed by atoms with Crippen molar-refractivity contribution >= 4 is 17.4 Å². The number of hydrogen-bond acceptors (Lipinski definition) is 4. The molecule has 0 fully saturated rings. The molecule has 0 spiro atoms. The van der Waals surface area contributed by atoms with Crippen LogP contribution in [0.4, 0.5) is 5.82 Å². The molecular formula is C13H14ClN3O. The van der Waals surface area contributed by atoms with Crippen molar-refractivity contribution < 1.29 is 4.74 Å². The van der Waals surface area contributed by atoms with Gasteiger partial charge >= 0.3 is 0 Å². The highest BCUT2D eigenvalue weighted by atomic mass is 35.5. The van der Waals surface area contributed by atoms with Crippen molar-refractivity contribution in [2.45, 2.75) is 13.3 Å². The van der Waals surface area contributed by atoms with Crippen molar-refractivity contribution in [3.05, 3.63) is 41.7 Å². The Morgan fingerprint density at radius 1 is 1.28 bits per heavy atom. The lowest BCUT2D eigenvalue weighted by Crippen LogP contribution is -2.02. The molecule has 0 atom stereocenters. The van der Waals surface area contributed by atoms with Gasteiger partial charge in [-0.1, -0.05) is 24.6 Å². The number of nitrogens with one attached hydrogen (secondary N) is 1. The van der Waals surface area contributed by atoms with Crippen molar-refractivity contribution in [3.8, 4) is 11.6 Å². The largest absolute Gasteiger partial charge is 0.439 e. The van der Waals surface area contributed by atoms with E-state index in [1.54, 1.807) is 18.2 Å². The monoisotopic (exact) mass is 263 g/mol. The van der Waals surface area contributed by atoms with Gasteiger partial charge in [0, 0.05) is 17.6 Å². The highest BCUT2D eigenvalue weighted by Crippen LogP contribution is 2.23. The van der Waals surface area contributed by atoms with Crippen LogP contribution in [-0.2, 0) is 0 Å². The zero-order valence-corrected chi connectivity index (χ0v) is 10.8. The van der Waals surface area contributed by atoms with E-state index in [1.807, 2.05) is 12.1 Å². The van der Waals surface area contributed by atoms with Gasteiger partial charge in [-0.25, -0.2) is 9.97 Å². The molecule has 1 aromatic carbocycles. The summed E-state index contributed by atoms with van der Waals surface area (Å²) in [5.41, 5.74) is 0.